The molecule has 2 aromatic rings. The van der Waals surface area contributed by atoms with Crippen molar-refractivity contribution < 1.29 is 0 Å². The normalized spacial score (nSPS) is 21.5. The number of hydrogen-bond acceptors (Lipinski definition) is 6. The highest BCUT2D eigenvalue weighted by molar-refractivity contribution is 5.79. The summed E-state index contributed by atoms with van der Waals surface area (Å²) in [6, 6.07) is 6.43. The summed E-state index contributed by atoms with van der Waals surface area (Å²) < 4.78 is 0. The third-order valence-corrected chi connectivity index (χ3v) is 5.40. The van der Waals surface area contributed by atoms with Crippen LogP contribution in [-0.2, 0) is 0 Å². The zero-order chi connectivity index (χ0) is 16.5. The molecule has 0 radical (unpaired) electrons. The molecule has 2 N–H and O–H groups in total. The van der Waals surface area contributed by atoms with Gasteiger partial charge in [-0.2, -0.15) is 0 Å². The molecule has 2 saturated heterocycles. The fourth-order valence-corrected chi connectivity index (χ4v) is 3.82. The molecule has 24 heavy (non-hydrogen) atoms. The molecule has 2 aliphatic heterocycles. The lowest BCUT2D eigenvalue weighted by Crippen LogP contribution is -2.52. The Morgan fingerprint density at radius 3 is 2.50 bits per heavy atom. The van der Waals surface area contributed by atoms with Crippen LogP contribution in [0.1, 0.15) is 12.8 Å². The van der Waals surface area contributed by atoms with Gasteiger partial charge in [0.25, 0.3) is 0 Å². The largest absolute Gasteiger partial charge is 0.399 e. The highest BCUT2D eigenvalue weighted by atomic mass is 15.3. The molecule has 128 valence electrons. The minimum absolute atomic E-state index is 0.721. The number of rotatable bonds is 2. The van der Waals surface area contributed by atoms with Crippen LogP contribution in [0.15, 0.2) is 24.4 Å². The number of hydrogen-bond donors (Lipinski definition) is 1. The van der Waals surface area contributed by atoms with Crippen molar-refractivity contribution in [1.29, 1.82) is 0 Å². The zero-order valence-corrected chi connectivity index (χ0v) is 14.4. The first-order valence-corrected chi connectivity index (χ1v) is 8.89. The van der Waals surface area contributed by atoms with Gasteiger partial charge in [0.15, 0.2) is 0 Å². The lowest BCUT2D eigenvalue weighted by Gasteiger charge is -2.42. The summed E-state index contributed by atoms with van der Waals surface area (Å²) in [6.07, 6.45) is 4.31. The van der Waals surface area contributed by atoms with Gasteiger partial charge in [0.05, 0.1) is 17.2 Å². The van der Waals surface area contributed by atoms with E-state index in [1.165, 1.54) is 39.0 Å². The number of likely N-dealkylation sites (N-methyl/N-ethyl adjacent to an activating group) is 1. The van der Waals surface area contributed by atoms with Crippen LogP contribution >= 0.6 is 0 Å². The van der Waals surface area contributed by atoms with Crippen molar-refractivity contribution in [3.63, 3.8) is 0 Å². The smallest absolute Gasteiger partial charge is 0.147 e. The van der Waals surface area contributed by atoms with Gasteiger partial charge in [0.1, 0.15) is 5.82 Å². The molecule has 1 aromatic heterocycles. The molecule has 0 atom stereocenters. The van der Waals surface area contributed by atoms with E-state index >= 15 is 0 Å². The quantitative estimate of drug-likeness (QED) is 0.843. The van der Waals surface area contributed by atoms with E-state index in [-0.39, 0.29) is 0 Å². The SMILES string of the molecule is CN1CCN(C2CCN(c3cnc4ccc(N)cc4n3)CC2)CC1. The highest BCUT2D eigenvalue weighted by Gasteiger charge is 2.27. The molecule has 0 aliphatic carbocycles. The standard InChI is InChI=1S/C18H26N6/c1-22-8-10-23(11-9-22)15-4-6-24(7-5-15)18-13-20-16-3-2-14(19)12-17(16)21-18/h2-3,12-13,15H,4-11,19H2,1H3. The first-order valence-electron chi connectivity index (χ1n) is 8.89. The van der Waals surface area contributed by atoms with Gasteiger partial charge in [0.2, 0.25) is 0 Å². The molecule has 0 saturated carbocycles. The second kappa shape index (κ2) is 6.53. The van der Waals surface area contributed by atoms with Crippen molar-refractivity contribution in [3.05, 3.63) is 24.4 Å². The van der Waals surface area contributed by atoms with E-state index in [1.807, 2.05) is 24.4 Å². The summed E-state index contributed by atoms with van der Waals surface area (Å²) in [6.45, 7) is 6.90. The van der Waals surface area contributed by atoms with Crippen LogP contribution in [0.3, 0.4) is 0 Å². The maximum atomic E-state index is 5.87. The number of nitrogens with zero attached hydrogens (tertiary/aromatic N) is 5. The molecule has 6 nitrogen and oxygen atoms in total. The summed E-state index contributed by atoms with van der Waals surface area (Å²) in [5, 5.41) is 0. The van der Waals surface area contributed by atoms with Gasteiger partial charge in [-0.05, 0) is 38.1 Å². The molecule has 3 heterocycles. The molecular weight excluding hydrogens is 300 g/mol. The Bertz CT molecular complexity index is 702. The van der Waals surface area contributed by atoms with E-state index in [2.05, 4.69) is 26.7 Å². The van der Waals surface area contributed by atoms with Gasteiger partial charge < -0.3 is 15.5 Å². The van der Waals surface area contributed by atoms with Gasteiger partial charge in [-0.15, -0.1) is 0 Å². The molecule has 6 heteroatoms. The summed E-state index contributed by atoms with van der Waals surface area (Å²) in [5.74, 6) is 0.977. The predicted octanol–water partition coefficient (Wildman–Crippen LogP) is 1.43. The molecule has 0 amide bonds. The van der Waals surface area contributed by atoms with E-state index in [0.29, 0.717) is 0 Å². The molecule has 2 aliphatic rings. The topological polar surface area (TPSA) is 61.5 Å². The maximum Gasteiger partial charge on any atom is 0.147 e. The Kier molecular flexibility index (Phi) is 4.24. The number of nitrogen functional groups attached to an aromatic ring is 1. The van der Waals surface area contributed by atoms with E-state index in [9.17, 15) is 0 Å². The zero-order valence-electron chi connectivity index (χ0n) is 14.4. The summed E-state index contributed by atoms with van der Waals surface area (Å²) >= 11 is 0. The van der Waals surface area contributed by atoms with Crippen LogP contribution in [0, 0.1) is 0 Å². The third kappa shape index (κ3) is 3.16. The Morgan fingerprint density at radius 2 is 1.75 bits per heavy atom. The van der Waals surface area contributed by atoms with Crippen molar-refractivity contribution in [2.45, 2.75) is 18.9 Å². The highest BCUT2D eigenvalue weighted by Crippen LogP contribution is 2.23. The Labute approximate surface area is 143 Å². The van der Waals surface area contributed by atoms with Crippen LogP contribution in [-0.4, -0.2) is 72.1 Å². The van der Waals surface area contributed by atoms with Crippen LogP contribution in [0.4, 0.5) is 11.5 Å². The van der Waals surface area contributed by atoms with Crippen molar-refractivity contribution in [2.75, 3.05) is 56.9 Å². The van der Waals surface area contributed by atoms with E-state index in [1.54, 1.807) is 0 Å². The number of aromatic nitrogens is 2. The Hall–Kier alpha value is -1.92. The summed E-state index contributed by atoms with van der Waals surface area (Å²) in [4.78, 5) is 16.8. The molecule has 0 spiro atoms. The number of anilines is 2. The Balaban J connectivity index is 1.42. The van der Waals surface area contributed by atoms with E-state index in [4.69, 9.17) is 10.7 Å². The van der Waals surface area contributed by atoms with Gasteiger partial charge in [-0.25, -0.2) is 4.98 Å². The van der Waals surface area contributed by atoms with Crippen molar-refractivity contribution in [1.82, 2.24) is 19.8 Å². The maximum absolute atomic E-state index is 5.87. The van der Waals surface area contributed by atoms with E-state index in [0.717, 1.165) is 41.7 Å². The van der Waals surface area contributed by atoms with Crippen molar-refractivity contribution in [3.8, 4) is 0 Å². The minimum atomic E-state index is 0.721. The number of fused-ring (bicyclic) bond motifs is 1. The average Bonchev–Trinajstić information content (AvgIpc) is 2.62. The molecule has 2 fully saturated rings. The number of benzene rings is 1. The number of piperazine rings is 1. The van der Waals surface area contributed by atoms with Gasteiger partial charge in [-0.1, -0.05) is 0 Å². The van der Waals surface area contributed by atoms with Gasteiger partial charge >= 0.3 is 0 Å². The third-order valence-electron chi connectivity index (χ3n) is 5.40. The van der Waals surface area contributed by atoms with Crippen LogP contribution in [0.5, 0.6) is 0 Å². The van der Waals surface area contributed by atoms with Crippen molar-refractivity contribution >= 4 is 22.5 Å². The lowest BCUT2D eigenvalue weighted by atomic mass is 10.0. The van der Waals surface area contributed by atoms with Crippen LogP contribution < -0.4 is 10.6 Å². The van der Waals surface area contributed by atoms with Crippen LogP contribution in [0.25, 0.3) is 11.0 Å². The minimum Gasteiger partial charge on any atom is -0.399 e. The molecular formula is C18H26N6. The molecule has 1 aromatic carbocycles. The number of piperidine rings is 1. The predicted molar refractivity (Wildman–Crippen MR) is 98.3 cm³/mol. The summed E-state index contributed by atoms with van der Waals surface area (Å²) in [7, 11) is 2.21. The van der Waals surface area contributed by atoms with E-state index < -0.39 is 0 Å². The first-order chi connectivity index (χ1) is 11.7. The monoisotopic (exact) mass is 326 g/mol. The molecule has 4 rings (SSSR count). The fraction of sp³-hybridized carbons (Fsp3) is 0.556. The molecule has 0 bridgehead atoms. The first kappa shape index (κ1) is 15.6. The van der Waals surface area contributed by atoms with Crippen LogP contribution in [0.2, 0.25) is 0 Å². The average molecular weight is 326 g/mol. The summed E-state index contributed by atoms with van der Waals surface area (Å²) in [5.41, 5.74) is 8.40. The van der Waals surface area contributed by atoms with Gasteiger partial charge in [-0.3, -0.25) is 9.88 Å². The Morgan fingerprint density at radius 1 is 1.00 bits per heavy atom. The second-order valence-electron chi connectivity index (χ2n) is 7.03. The van der Waals surface area contributed by atoms with Crippen molar-refractivity contribution in [2.24, 2.45) is 0 Å². The fourth-order valence-electron chi connectivity index (χ4n) is 3.82. The number of nitrogens with two attached hydrogens (primary N) is 1. The second-order valence-corrected chi connectivity index (χ2v) is 7.03. The van der Waals surface area contributed by atoms with Gasteiger partial charge in [0, 0.05) is 51.0 Å². The molecule has 0 unspecified atom stereocenters. The lowest BCUT2D eigenvalue weighted by molar-refractivity contribution is 0.0981.